The Bertz CT molecular complexity index is 1120. The molecule has 3 heterocycles. The Balaban J connectivity index is 1.65. The number of nitrogens with zero attached hydrogens (tertiary/aromatic N) is 4. The summed E-state index contributed by atoms with van der Waals surface area (Å²) in [5.74, 6) is -0.888. The number of aliphatic carboxylic acids is 1. The Morgan fingerprint density at radius 1 is 1.24 bits per heavy atom. The van der Waals surface area contributed by atoms with Crippen LogP contribution in [0.2, 0.25) is 0 Å². The van der Waals surface area contributed by atoms with E-state index < -0.39 is 30.1 Å². The average Bonchev–Trinajstić information content (AvgIpc) is 3.32. The number of carbonyl (C=O) groups is 3. The minimum Gasteiger partial charge on any atom is -0.480 e. The predicted molar refractivity (Wildman–Crippen MR) is 120 cm³/mol. The van der Waals surface area contributed by atoms with Crippen molar-refractivity contribution in [2.24, 2.45) is 0 Å². The molecule has 1 aromatic heterocycles. The smallest absolute Gasteiger partial charge is 0.325 e. The minimum atomic E-state index is -1.15. The molecule has 1 fully saturated rings. The molecule has 0 unspecified atom stereocenters. The first-order valence-electron chi connectivity index (χ1n) is 10.7. The van der Waals surface area contributed by atoms with Gasteiger partial charge in [0.15, 0.2) is 5.78 Å². The molecular formula is C23H27N5O5. The summed E-state index contributed by atoms with van der Waals surface area (Å²) < 4.78 is 1.76. The zero-order chi connectivity index (χ0) is 23.9. The van der Waals surface area contributed by atoms with Crippen LogP contribution >= 0.6 is 0 Å². The second-order valence-electron chi connectivity index (χ2n) is 8.57. The van der Waals surface area contributed by atoms with Crippen LogP contribution in [0.15, 0.2) is 42.4 Å². The number of ketones is 1. The molecule has 2 aliphatic rings. The average molecular weight is 453 g/mol. The van der Waals surface area contributed by atoms with Gasteiger partial charge < -0.3 is 29.9 Å². The van der Waals surface area contributed by atoms with Crippen LogP contribution in [0.4, 0.5) is 5.95 Å². The summed E-state index contributed by atoms with van der Waals surface area (Å²) in [4.78, 5) is 44.8. The Hall–Kier alpha value is -3.66. The molecule has 33 heavy (non-hydrogen) atoms. The number of fused-ring (bicyclic) bond motifs is 1. The number of hydrogen-bond acceptors (Lipinski definition) is 7. The van der Waals surface area contributed by atoms with Crippen LogP contribution in [-0.2, 0) is 20.9 Å². The fourth-order valence-corrected chi connectivity index (χ4v) is 4.17. The number of allylic oxidation sites excluding steroid dienone is 1. The van der Waals surface area contributed by atoms with Gasteiger partial charge in [0.1, 0.15) is 17.9 Å². The maximum absolute atomic E-state index is 12.8. The summed E-state index contributed by atoms with van der Waals surface area (Å²) in [6, 6.07) is 6.03. The van der Waals surface area contributed by atoms with Crippen molar-refractivity contribution in [2.45, 2.75) is 45.0 Å². The quantitative estimate of drug-likeness (QED) is 0.605. The number of aryl methyl sites for hydroxylation is 1. The number of hydrogen-bond donors (Lipinski definition) is 3. The number of aromatic nitrogens is 2. The molecule has 3 N–H and O–H groups in total. The first kappa shape index (κ1) is 22.5. The highest BCUT2D eigenvalue weighted by molar-refractivity contribution is 5.92. The van der Waals surface area contributed by atoms with E-state index in [1.807, 2.05) is 37.4 Å². The van der Waals surface area contributed by atoms with Crippen molar-refractivity contribution in [1.82, 2.24) is 19.8 Å². The molecule has 10 heteroatoms. The normalized spacial score (nSPS) is 21.3. The SMILES string of the molecule is Cc1ccc(-c2cn3c(n2)N(C)C(N2C[C@H](O)C[C@H]2C(=O)N[C@@H](C)C(=O)O)=CC(=O)C3)cc1. The van der Waals surface area contributed by atoms with Crippen LogP contribution in [0, 0.1) is 6.92 Å². The summed E-state index contributed by atoms with van der Waals surface area (Å²) in [7, 11) is 1.75. The standard InChI is InChI=1S/C23H27N5O5/c1-13-4-6-15(7-5-13)18-12-27-10-17(30)9-20(26(3)23(27)25-18)28-11-16(29)8-19(28)21(31)24-14(2)22(32)33/h4-7,9,12,14,16,19,29H,8,10-11H2,1-3H3,(H,24,31)(H,32,33)/t14-,16+,19-/m0/s1. The lowest BCUT2D eigenvalue weighted by Gasteiger charge is -2.33. The van der Waals surface area contributed by atoms with E-state index >= 15 is 0 Å². The predicted octanol–water partition coefficient (Wildman–Crippen LogP) is 0.743. The van der Waals surface area contributed by atoms with Gasteiger partial charge >= 0.3 is 5.97 Å². The summed E-state index contributed by atoms with van der Waals surface area (Å²) in [5.41, 5.74) is 2.77. The lowest BCUT2D eigenvalue weighted by Crippen LogP contribution is -2.49. The van der Waals surface area contributed by atoms with E-state index in [9.17, 15) is 19.5 Å². The topological polar surface area (TPSA) is 128 Å². The maximum atomic E-state index is 12.8. The van der Waals surface area contributed by atoms with Gasteiger partial charge in [-0.2, -0.15) is 0 Å². The van der Waals surface area contributed by atoms with Crippen molar-refractivity contribution in [2.75, 3.05) is 18.5 Å². The maximum Gasteiger partial charge on any atom is 0.325 e. The first-order valence-corrected chi connectivity index (χ1v) is 10.7. The molecule has 2 aromatic rings. The third-order valence-electron chi connectivity index (χ3n) is 5.97. The number of aliphatic hydroxyl groups excluding tert-OH is 1. The van der Waals surface area contributed by atoms with Gasteiger partial charge in [-0.05, 0) is 13.8 Å². The third-order valence-corrected chi connectivity index (χ3v) is 5.97. The highest BCUT2D eigenvalue weighted by atomic mass is 16.4. The lowest BCUT2D eigenvalue weighted by atomic mass is 10.1. The van der Waals surface area contributed by atoms with Crippen LogP contribution in [-0.4, -0.2) is 74.1 Å². The zero-order valence-electron chi connectivity index (χ0n) is 18.7. The van der Waals surface area contributed by atoms with Gasteiger partial charge in [-0.25, -0.2) is 4.98 Å². The number of anilines is 1. The number of carboxylic acid groups (broad SMARTS) is 1. The van der Waals surface area contributed by atoms with Crippen LogP contribution in [0.3, 0.4) is 0 Å². The van der Waals surface area contributed by atoms with Crippen LogP contribution in [0.25, 0.3) is 11.3 Å². The van der Waals surface area contributed by atoms with E-state index in [2.05, 4.69) is 5.32 Å². The van der Waals surface area contributed by atoms with E-state index in [0.717, 1.165) is 16.8 Å². The highest BCUT2D eigenvalue weighted by Gasteiger charge is 2.40. The molecular weight excluding hydrogens is 426 g/mol. The molecule has 1 aromatic carbocycles. The first-order chi connectivity index (χ1) is 15.6. The molecule has 174 valence electrons. The van der Waals surface area contributed by atoms with E-state index in [1.165, 1.54) is 13.0 Å². The molecule has 0 radical (unpaired) electrons. The Kier molecular flexibility index (Phi) is 5.94. The third kappa shape index (κ3) is 4.47. The number of β-amino-alcohol motifs (C(OH)–C–C–N with tert-alkyl or cyclic N) is 1. The van der Waals surface area contributed by atoms with Gasteiger partial charge in [-0.3, -0.25) is 14.4 Å². The van der Waals surface area contributed by atoms with Gasteiger partial charge in [0, 0.05) is 37.8 Å². The number of amides is 1. The number of nitrogens with one attached hydrogen (secondary N) is 1. The summed E-state index contributed by atoms with van der Waals surface area (Å²) in [5, 5.41) is 21.9. The molecule has 0 bridgehead atoms. The Morgan fingerprint density at radius 2 is 1.94 bits per heavy atom. The van der Waals surface area contributed by atoms with Crippen molar-refractivity contribution in [3.8, 4) is 11.3 Å². The van der Waals surface area contributed by atoms with Gasteiger partial charge in [0.2, 0.25) is 11.9 Å². The molecule has 0 saturated carbocycles. The van der Waals surface area contributed by atoms with Crippen molar-refractivity contribution in [3.05, 3.63) is 47.9 Å². The molecule has 1 saturated heterocycles. The molecule has 1 amide bonds. The summed E-state index contributed by atoms with van der Waals surface area (Å²) >= 11 is 0. The number of carboxylic acids is 1. The number of aliphatic hydroxyl groups is 1. The van der Waals surface area contributed by atoms with E-state index in [-0.39, 0.29) is 25.3 Å². The van der Waals surface area contributed by atoms with Crippen molar-refractivity contribution in [3.63, 3.8) is 0 Å². The molecule has 0 aliphatic carbocycles. The van der Waals surface area contributed by atoms with Gasteiger partial charge in [0.25, 0.3) is 0 Å². The Labute approximate surface area is 191 Å². The number of imidazole rings is 1. The fraction of sp³-hybridized carbons (Fsp3) is 0.391. The van der Waals surface area contributed by atoms with E-state index in [0.29, 0.717) is 11.8 Å². The van der Waals surface area contributed by atoms with Gasteiger partial charge in [0.05, 0.1) is 18.3 Å². The van der Waals surface area contributed by atoms with E-state index in [1.54, 1.807) is 21.4 Å². The van der Waals surface area contributed by atoms with Crippen molar-refractivity contribution in [1.29, 1.82) is 0 Å². The highest BCUT2D eigenvalue weighted by Crippen LogP contribution is 2.31. The number of likely N-dealkylation sites (tertiary alicyclic amines) is 1. The summed E-state index contributed by atoms with van der Waals surface area (Å²) in [6.45, 7) is 3.60. The largest absolute Gasteiger partial charge is 0.480 e. The fourth-order valence-electron chi connectivity index (χ4n) is 4.17. The Morgan fingerprint density at radius 3 is 2.61 bits per heavy atom. The number of rotatable bonds is 5. The van der Waals surface area contributed by atoms with Crippen molar-refractivity contribution >= 4 is 23.6 Å². The van der Waals surface area contributed by atoms with Crippen LogP contribution in [0.1, 0.15) is 18.9 Å². The van der Waals surface area contributed by atoms with Crippen LogP contribution in [0.5, 0.6) is 0 Å². The zero-order valence-corrected chi connectivity index (χ0v) is 18.7. The molecule has 3 atom stereocenters. The molecule has 0 spiro atoms. The second kappa shape index (κ2) is 8.70. The molecule has 10 nitrogen and oxygen atoms in total. The number of carbonyl (C=O) groups excluding carboxylic acids is 2. The second-order valence-corrected chi connectivity index (χ2v) is 8.57. The van der Waals surface area contributed by atoms with Gasteiger partial charge in [-0.15, -0.1) is 0 Å². The monoisotopic (exact) mass is 453 g/mol. The van der Waals surface area contributed by atoms with E-state index in [4.69, 9.17) is 10.1 Å². The van der Waals surface area contributed by atoms with Gasteiger partial charge in [-0.1, -0.05) is 29.8 Å². The van der Waals surface area contributed by atoms with Crippen molar-refractivity contribution < 1.29 is 24.6 Å². The summed E-state index contributed by atoms with van der Waals surface area (Å²) in [6.07, 6.45) is 2.60. The molecule has 4 rings (SSSR count). The molecule has 2 aliphatic heterocycles. The lowest BCUT2D eigenvalue weighted by molar-refractivity contribution is -0.141. The number of benzene rings is 1. The van der Waals surface area contributed by atoms with Crippen LogP contribution < -0.4 is 10.2 Å². The minimum absolute atomic E-state index is 0.0886.